The molecule has 7 heteroatoms. The number of carbonyl (C=O) groups excluding carboxylic acids is 2. The standard InChI is InChI=1S/C11H19N3O4/c1-3-5-12-11(18)13-9(15)7-14(6-4-2)8-10(16)17/h3H,1,4-8H2,2H3,(H,16,17)(H2,12,13,15,18). The van der Waals surface area contributed by atoms with Crippen LogP contribution in [-0.4, -0.2) is 54.1 Å². The van der Waals surface area contributed by atoms with E-state index in [1.807, 2.05) is 6.92 Å². The Morgan fingerprint density at radius 2 is 2.00 bits per heavy atom. The summed E-state index contributed by atoms with van der Waals surface area (Å²) in [5, 5.41) is 13.1. The van der Waals surface area contributed by atoms with Gasteiger partial charge in [-0.3, -0.25) is 19.8 Å². The smallest absolute Gasteiger partial charge is 0.321 e. The van der Waals surface area contributed by atoms with Crippen LogP contribution >= 0.6 is 0 Å². The molecule has 18 heavy (non-hydrogen) atoms. The molecule has 102 valence electrons. The maximum Gasteiger partial charge on any atom is 0.321 e. The minimum absolute atomic E-state index is 0.123. The maximum absolute atomic E-state index is 11.5. The van der Waals surface area contributed by atoms with Crippen LogP contribution in [0.25, 0.3) is 0 Å². The summed E-state index contributed by atoms with van der Waals surface area (Å²) in [6.07, 6.45) is 2.21. The summed E-state index contributed by atoms with van der Waals surface area (Å²) in [7, 11) is 0. The van der Waals surface area contributed by atoms with Gasteiger partial charge in [-0.1, -0.05) is 13.0 Å². The van der Waals surface area contributed by atoms with Crippen LogP contribution in [-0.2, 0) is 9.59 Å². The van der Waals surface area contributed by atoms with Crippen LogP contribution in [0.5, 0.6) is 0 Å². The van der Waals surface area contributed by atoms with Gasteiger partial charge in [-0.25, -0.2) is 4.79 Å². The molecule has 0 spiro atoms. The van der Waals surface area contributed by atoms with E-state index in [-0.39, 0.29) is 19.6 Å². The highest BCUT2D eigenvalue weighted by molar-refractivity contribution is 5.95. The number of aliphatic carboxylic acids is 1. The molecule has 3 N–H and O–H groups in total. The Hall–Kier alpha value is -1.89. The van der Waals surface area contributed by atoms with Crippen molar-refractivity contribution in [2.75, 3.05) is 26.2 Å². The first-order valence-corrected chi connectivity index (χ1v) is 5.62. The Labute approximate surface area is 106 Å². The molecule has 0 radical (unpaired) electrons. The summed E-state index contributed by atoms with van der Waals surface area (Å²) in [5.41, 5.74) is 0. The zero-order valence-electron chi connectivity index (χ0n) is 10.4. The third kappa shape index (κ3) is 8.28. The molecular formula is C11H19N3O4. The highest BCUT2D eigenvalue weighted by Gasteiger charge is 2.14. The van der Waals surface area contributed by atoms with Crippen LogP contribution in [0.15, 0.2) is 12.7 Å². The van der Waals surface area contributed by atoms with E-state index in [0.29, 0.717) is 6.54 Å². The van der Waals surface area contributed by atoms with Crippen molar-refractivity contribution in [2.45, 2.75) is 13.3 Å². The molecule has 0 rings (SSSR count). The zero-order chi connectivity index (χ0) is 14.0. The fraction of sp³-hybridized carbons (Fsp3) is 0.545. The summed E-state index contributed by atoms with van der Waals surface area (Å²) in [6, 6.07) is -0.619. The van der Waals surface area contributed by atoms with Crippen molar-refractivity contribution in [3.63, 3.8) is 0 Å². The molecule has 7 nitrogen and oxygen atoms in total. The van der Waals surface area contributed by atoms with E-state index in [2.05, 4.69) is 17.2 Å². The van der Waals surface area contributed by atoms with Gasteiger partial charge < -0.3 is 10.4 Å². The summed E-state index contributed by atoms with van der Waals surface area (Å²) < 4.78 is 0. The highest BCUT2D eigenvalue weighted by atomic mass is 16.4. The Morgan fingerprint density at radius 1 is 1.33 bits per heavy atom. The fourth-order valence-electron chi connectivity index (χ4n) is 1.30. The van der Waals surface area contributed by atoms with Gasteiger partial charge >= 0.3 is 12.0 Å². The number of amides is 3. The van der Waals surface area contributed by atoms with Gasteiger partial charge in [0.15, 0.2) is 0 Å². The topological polar surface area (TPSA) is 98.7 Å². The summed E-state index contributed by atoms with van der Waals surface area (Å²) in [6.45, 7) is 5.68. The summed E-state index contributed by atoms with van der Waals surface area (Å²) in [4.78, 5) is 34.6. The van der Waals surface area contributed by atoms with Crippen molar-refractivity contribution in [1.29, 1.82) is 0 Å². The third-order valence-electron chi connectivity index (χ3n) is 1.93. The number of carbonyl (C=O) groups is 3. The lowest BCUT2D eigenvalue weighted by Gasteiger charge is -2.18. The van der Waals surface area contributed by atoms with Gasteiger partial charge in [0.05, 0.1) is 13.1 Å². The Bertz CT molecular complexity index is 317. The number of imide groups is 1. The van der Waals surface area contributed by atoms with Crippen molar-refractivity contribution in [1.82, 2.24) is 15.5 Å². The Balaban J connectivity index is 4.11. The number of nitrogens with zero attached hydrogens (tertiary/aromatic N) is 1. The van der Waals surface area contributed by atoms with E-state index in [1.165, 1.54) is 11.0 Å². The molecule has 0 saturated heterocycles. The first-order chi connectivity index (χ1) is 8.49. The minimum Gasteiger partial charge on any atom is -0.480 e. The molecule has 0 heterocycles. The lowest BCUT2D eigenvalue weighted by Crippen LogP contribution is -2.45. The molecule has 0 unspecified atom stereocenters. The molecule has 0 saturated carbocycles. The second-order valence-electron chi connectivity index (χ2n) is 3.65. The highest BCUT2D eigenvalue weighted by Crippen LogP contribution is 1.91. The lowest BCUT2D eigenvalue weighted by molar-refractivity contribution is -0.138. The fourth-order valence-corrected chi connectivity index (χ4v) is 1.30. The van der Waals surface area contributed by atoms with Crippen LogP contribution in [0.3, 0.4) is 0 Å². The van der Waals surface area contributed by atoms with E-state index >= 15 is 0 Å². The normalized spacial score (nSPS) is 9.89. The predicted molar refractivity (Wildman–Crippen MR) is 66.1 cm³/mol. The Morgan fingerprint density at radius 3 is 2.50 bits per heavy atom. The van der Waals surface area contributed by atoms with Crippen LogP contribution in [0, 0.1) is 0 Å². The number of nitrogens with one attached hydrogen (secondary N) is 2. The largest absolute Gasteiger partial charge is 0.480 e. The molecule has 0 aliphatic carbocycles. The van der Waals surface area contributed by atoms with E-state index in [1.54, 1.807) is 0 Å². The number of carboxylic acid groups (broad SMARTS) is 1. The second-order valence-corrected chi connectivity index (χ2v) is 3.65. The SMILES string of the molecule is C=CCNC(=O)NC(=O)CN(CCC)CC(=O)O. The van der Waals surface area contributed by atoms with Crippen LogP contribution < -0.4 is 10.6 Å². The average Bonchev–Trinajstić information content (AvgIpc) is 2.25. The van der Waals surface area contributed by atoms with Crippen molar-refractivity contribution in [2.24, 2.45) is 0 Å². The van der Waals surface area contributed by atoms with E-state index in [4.69, 9.17) is 5.11 Å². The van der Waals surface area contributed by atoms with E-state index in [0.717, 1.165) is 6.42 Å². The number of rotatable bonds is 8. The predicted octanol–water partition coefficient (Wildman–Crippen LogP) is -0.205. The van der Waals surface area contributed by atoms with Gasteiger partial charge in [0, 0.05) is 6.54 Å². The molecule has 0 aromatic heterocycles. The van der Waals surface area contributed by atoms with Crippen molar-refractivity contribution in [3.05, 3.63) is 12.7 Å². The van der Waals surface area contributed by atoms with Crippen LogP contribution in [0.2, 0.25) is 0 Å². The van der Waals surface area contributed by atoms with E-state index in [9.17, 15) is 14.4 Å². The zero-order valence-corrected chi connectivity index (χ0v) is 10.4. The van der Waals surface area contributed by atoms with Gasteiger partial charge in [-0.2, -0.15) is 0 Å². The van der Waals surface area contributed by atoms with Gasteiger partial charge in [-0.15, -0.1) is 6.58 Å². The van der Waals surface area contributed by atoms with Gasteiger partial charge in [-0.05, 0) is 13.0 Å². The molecule has 0 bridgehead atoms. The first-order valence-electron chi connectivity index (χ1n) is 5.62. The first kappa shape index (κ1) is 16.1. The second kappa shape index (κ2) is 9.17. The maximum atomic E-state index is 11.5. The summed E-state index contributed by atoms with van der Waals surface area (Å²) >= 11 is 0. The molecule has 0 fully saturated rings. The van der Waals surface area contributed by atoms with Gasteiger partial charge in [0.2, 0.25) is 5.91 Å². The van der Waals surface area contributed by atoms with Gasteiger partial charge in [0.1, 0.15) is 0 Å². The van der Waals surface area contributed by atoms with Crippen LogP contribution in [0.1, 0.15) is 13.3 Å². The molecule has 0 aliphatic heterocycles. The van der Waals surface area contributed by atoms with E-state index < -0.39 is 17.9 Å². The lowest BCUT2D eigenvalue weighted by atomic mass is 10.4. The molecule has 0 aromatic rings. The Kier molecular flexibility index (Phi) is 8.21. The number of carboxylic acids is 1. The average molecular weight is 257 g/mol. The van der Waals surface area contributed by atoms with Crippen molar-refractivity contribution < 1.29 is 19.5 Å². The van der Waals surface area contributed by atoms with Gasteiger partial charge in [0.25, 0.3) is 0 Å². The van der Waals surface area contributed by atoms with Crippen LogP contribution in [0.4, 0.5) is 4.79 Å². The minimum atomic E-state index is -1.01. The van der Waals surface area contributed by atoms with Crippen molar-refractivity contribution >= 4 is 17.9 Å². The molecule has 3 amide bonds. The molecular weight excluding hydrogens is 238 g/mol. The number of urea groups is 1. The molecule has 0 aromatic carbocycles. The monoisotopic (exact) mass is 257 g/mol. The molecule has 0 atom stereocenters. The number of hydrogen-bond acceptors (Lipinski definition) is 4. The number of hydrogen-bond donors (Lipinski definition) is 3. The third-order valence-corrected chi connectivity index (χ3v) is 1.93. The molecule has 0 aliphatic rings. The summed E-state index contributed by atoms with van der Waals surface area (Å²) in [5.74, 6) is -1.54. The quantitative estimate of drug-likeness (QED) is 0.523. The van der Waals surface area contributed by atoms with Crippen molar-refractivity contribution in [3.8, 4) is 0 Å².